The van der Waals surface area contributed by atoms with Gasteiger partial charge in [-0.25, -0.2) is 4.98 Å². The third kappa shape index (κ3) is 4.93. The average molecular weight is 447 g/mol. The fourth-order valence-electron chi connectivity index (χ4n) is 3.71. The summed E-state index contributed by atoms with van der Waals surface area (Å²) in [6.07, 6.45) is 5.61. The van der Waals surface area contributed by atoms with Crippen molar-refractivity contribution in [3.63, 3.8) is 0 Å². The lowest BCUT2D eigenvalue weighted by atomic mass is 10.1. The van der Waals surface area contributed by atoms with Gasteiger partial charge in [0, 0.05) is 50.3 Å². The molecule has 0 radical (unpaired) electrons. The van der Waals surface area contributed by atoms with E-state index in [0.717, 1.165) is 11.3 Å². The summed E-state index contributed by atoms with van der Waals surface area (Å²) in [5.41, 5.74) is 3.02. The number of pyridine rings is 1. The van der Waals surface area contributed by atoms with E-state index in [1.54, 1.807) is 30.8 Å². The summed E-state index contributed by atoms with van der Waals surface area (Å²) < 4.78 is 12.2. The van der Waals surface area contributed by atoms with Gasteiger partial charge in [0.05, 0.1) is 22.9 Å². The number of amides is 2. The molecule has 3 aromatic heterocycles. The van der Waals surface area contributed by atoms with E-state index in [-0.39, 0.29) is 18.4 Å². The molecule has 2 N–H and O–H groups in total. The number of anilines is 1. The highest BCUT2D eigenvalue weighted by molar-refractivity contribution is 6.08. The molecule has 0 aliphatic rings. The number of ether oxygens (including phenoxy) is 1. The topological polar surface area (TPSA) is 111 Å². The van der Waals surface area contributed by atoms with Gasteiger partial charge in [-0.3, -0.25) is 14.6 Å². The summed E-state index contributed by atoms with van der Waals surface area (Å²) in [4.78, 5) is 34.3. The number of aryl methyl sites for hydroxylation is 1. The molecule has 0 spiro atoms. The van der Waals surface area contributed by atoms with Gasteiger partial charge in [-0.15, -0.1) is 0 Å². The van der Waals surface area contributed by atoms with Crippen molar-refractivity contribution in [2.75, 3.05) is 25.6 Å². The quantitative estimate of drug-likeness (QED) is 0.407. The number of furan rings is 1. The maximum absolute atomic E-state index is 13.2. The van der Waals surface area contributed by atoms with Crippen LogP contribution in [0, 0.1) is 0 Å². The molecule has 0 fully saturated rings. The zero-order valence-electron chi connectivity index (χ0n) is 18.5. The van der Waals surface area contributed by atoms with Crippen molar-refractivity contribution in [2.24, 2.45) is 0 Å². The first-order valence-electron chi connectivity index (χ1n) is 10.6. The molecule has 1 aromatic carbocycles. The van der Waals surface area contributed by atoms with E-state index in [1.165, 1.54) is 7.11 Å². The number of benzene rings is 1. The van der Waals surface area contributed by atoms with Crippen LogP contribution in [0.5, 0.6) is 0 Å². The number of rotatable bonds is 9. The molecular weight excluding hydrogens is 422 g/mol. The summed E-state index contributed by atoms with van der Waals surface area (Å²) in [7, 11) is 1.45. The minimum Gasteiger partial charge on any atom is -0.469 e. The number of aromatic nitrogens is 3. The van der Waals surface area contributed by atoms with Crippen LogP contribution in [0.1, 0.15) is 23.0 Å². The van der Waals surface area contributed by atoms with Crippen molar-refractivity contribution < 1.29 is 18.7 Å². The maximum Gasteiger partial charge on any atom is 0.253 e. The van der Waals surface area contributed by atoms with Gasteiger partial charge in [-0.1, -0.05) is 0 Å². The fraction of sp³-hybridized carbons (Fsp3) is 0.250. The van der Waals surface area contributed by atoms with E-state index >= 15 is 0 Å². The number of nitrogens with one attached hydrogen (secondary N) is 2. The predicted octanol–water partition coefficient (Wildman–Crippen LogP) is 3.27. The van der Waals surface area contributed by atoms with Gasteiger partial charge >= 0.3 is 0 Å². The van der Waals surface area contributed by atoms with E-state index < -0.39 is 0 Å². The van der Waals surface area contributed by atoms with Gasteiger partial charge < -0.3 is 24.4 Å². The summed E-state index contributed by atoms with van der Waals surface area (Å²) in [5.74, 6) is 0.911. The van der Waals surface area contributed by atoms with E-state index in [9.17, 15) is 9.59 Å². The molecule has 0 aliphatic carbocycles. The minimum absolute atomic E-state index is 0.0902. The van der Waals surface area contributed by atoms with Crippen LogP contribution in [-0.2, 0) is 22.5 Å². The predicted molar refractivity (Wildman–Crippen MR) is 124 cm³/mol. The van der Waals surface area contributed by atoms with E-state index in [4.69, 9.17) is 14.1 Å². The standard InChI is InChI=1S/C24H25N5O4/c1-3-29-22-19(24(31)26-10-8-18-7-5-11-33-18)12-17(27-21(30)15-32-2)13-20(22)28-23(29)16-6-4-9-25-14-16/h4-7,9,11-14H,3,8,10,15H2,1-2H3,(H,26,31)(H,27,30). The second-order valence-electron chi connectivity index (χ2n) is 7.38. The fourth-order valence-corrected chi connectivity index (χ4v) is 3.71. The Morgan fingerprint density at radius 2 is 2.09 bits per heavy atom. The normalized spacial score (nSPS) is 11.0. The Balaban J connectivity index is 1.74. The Labute approximate surface area is 190 Å². The molecular formula is C24H25N5O4. The zero-order valence-corrected chi connectivity index (χ0v) is 18.5. The van der Waals surface area contributed by atoms with Crippen LogP contribution in [0.2, 0.25) is 0 Å². The van der Waals surface area contributed by atoms with Crippen LogP contribution in [0.15, 0.2) is 59.5 Å². The molecule has 4 aromatic rings. The van der Waals surface area contributed by atoms with Crippen molar-refractivity contribution in [1.29, 1.82) is 0 Å². The highest BCUT2D eigenvalue weighted by Gasteiger charge is 2.21. The molecule has 0 bridgehead atoms. The van der Waals surface area contributed by atoms with Gasteiger partial charge in [0.15, 0.2) is 0 Å². The van der Waals surface area contributed by atoms with E-state index in [1.807, 2.05) is 35.8 Å². The minimum atomic E-state index is -0.316. The molecule has 3 heterocycles. The molecule has 0 saturated carbocycles. The second kappa shape index (κ2) is 10.1. The van der Waals surface area contributed by atoms with E-state index in [0.29, 0.717) is 47.6 Å². The number of nitrogens with zero attached hydrogens (tertiary/aromatic N) is 3. The van der Waals surface area contributed by atoms with Crippen molar-refractivity contribution in [1.82, 2.24) is 19.9 Å². The lowest BCUT2D eigenvalue weighted by Gasteiger charge is -2.12. The molecule has 9 heteroatoms. The summed E-state index contributed by atoms with van der Waals surface area (Å²) in [5, 5.41) is 5.72. The summed E-state index contributed by atoms with van der Waals surface area (Å²) in [6.45, 7) is 2.91. The van der Waals surface area contributed by atoms with Crippen LogP contribution < -0.4 is 10.6 Å². The van der Waals surface area contributed by atoms with Crippen molar-refractivity contribution in [3.05, 3.63) is 66.4 Å². The lowest BCUT2D eigenvalue weighted by Crippen LogP contribution is -2.26. The van der Waals surface area contributed by atoms with Crippen LogP contribution in [-0.4, -0.2) is 46.6 Å². The number of imidazole rings is 1. The number of hydrogen-bond acceptors (Lipinski definition) is 6. The van der Waals surface area contributed by atoms with Crippen LogP contribution in [0.3, 0.4) is 0 Å². The summed E-state index contributed by atoms with van der Waals surface area (Å²) in [6, 6.07) is 10.9. The first-order chi connectivity index (χ1) is 16.1. The van der Waals surface area contributed by atoms with Crippen molar-refractivity contribution in [3.8, 4) is 11.4 Å². The number of fused-ring (bicyclic) bond motifs is 1. The van der Waals surface area contributed by atoms with E-state index in [2.05, 4.69) is 15.6 Å². The Kier molecular flexibility index (Phi) is 6.80. The van der Waals surface area contributed by atoms with Crippen molar-refractivity contribution in [2.45, 2.75) is 19.9 Å². The van der Waals surface area contributed by atoms with Crippen LogP contribution in [0.4, 0.5) is 5.69 Å². The first kappa shape index (κ1) is 22.2. The molecule has 0 atom stereocenters. The molecule has 0 saturated heterocycles. The molecule has 4 rings (SSSR count). The van der Waals surface area contributed by atoms with Gasteiger partial charge in [0.2, 0.25) is 5.91 Å². The first-order valence-corrected chi connectivity index (χ1v) is 10.6. The molecule has 33 heavy (non-hydrogen) atoms. The SMILES string of the molecule is CCn1c(-c2cccnc2)nc2cc(NC(=O)COC)cc(C(=O)NCCc3ccco3)c21. The van der Waals surface area contributed by atoms with Crippen LogP contribution in [0.25, 0.3) is 22.4 Å². The molecule has 0 aliphatic heterocycles. The smallest absolute Gasteiger partial charge is 0.253 e. The monoisotopic (exact) mass is 447 g/mol. The Bertz CT molecular complexity index is 1250. The van der Waals surface area contributed by atoms with Gasteiger partial charge in [0.25, 0.3) is 5.91 Å². The maximum atomic E-state index is 13.2. The Hall–Kier alpha value is -3.98. The Morgan fingerprint density at radius 1 is 1.21 bits per heavy atom. The van der Waals surface area contributed by atoms with Crippen molar-refractivity contribution >= 4 is 28.5 Å². The second-order valence-corrected chi connectivity index (χ2v) is 7.38. The highest BCUT2D eigenvalue weighted by Crippen LogP contribution is 2.30. The average Bonchev–Trinajstić information content (AvgIpc) is 3.46. The lowest BCUT2D eigenvalue weighted by molar-refractivity contribution is -0.119. The zero-order chi connectivity index (χ0) is 23.2. The third-order valence-electron chi connectivity index (χ3n) is 5.12. The number of carbonyl (C=O) groups excluding carboxylic acids is 2. The third-order valence-corrected chi connectivity index (χ3v) is 5.12. The number of methoxy groups -OCH3 is 1. The van der Waals surface area contributed by atoms with Gasteiger partial charge in [-0.2, -0.15) is 0 Å². The molecule has 9 nitrogen and oxygen atoms in total. The number of carbonyl (C=O) groups is 2. The summed E-state index contributed by atoms with van der Waals surface area (Å²) >= 11 is 0. The molecule has 2 amide bonds. The van der Waals surface area contributed by atoms with Gasteiger partial charge in [-0.05, 0) is 43.3 Å². The molecule has 0 unspecified atom stereocenters. The number of hydrogen-bond donors (Lipinski definition) is 2. The molecule has 170 valence electrons. The van der Waals surface area contributed by atoms with Gasteiger partial charge in [0.1, 0.15) is 18.2 Å². The largest absolute Gasteiger partial charge is 0.469 e. The van der Waals surface area contributed by atoms with Crippen LogP contribution >= 0.6 is 0 Å². The highest BCUT2D eigenvalue weighted by atomic mass is 16.5. The Morgan fingerprint density at radius 3 is 2.79 bits per heavy atom.